The molecule has 0 unspecified atom stereocenters. The van der Waals surface area contributed by atoms with Crippen LogP contribution in [0.2, 0.25) is 0 Å². The molecule has 2 rings (SSSR count). The van der Waals surface area contributed by atoms with Crippen LogP contribution < -0.4 is 5.32 Å². The number of benzene rings is 1. The molecule has 0 spiro atoms. The number of rotatable bonds is 9. The van der Waals surface area contributed by atoms with Gasteiger partial charge >= 0.3 is 0 Å². The molecule has 27 heavy (non-hydrogen) atoms. The second-order valence-electron chi connectivity index (χ2n) is 6.78. The van der Waals surface area contributed by atoms with Crippen LogP contribution in [0.3, 0.4) is 0 Å². The van der Waals surface area contributed by atoms with Gasteiger partial charge in [-0.05, 0) is 44.6 Å². The van der Waals surface area contributed by atoms with Crippen molar-refractivity contribution < 1.29 is 0 Å². The lowest BCUT2D eigenvalue weighted by atomic mass is 10.2. The molecule has 150 valence electrons. The van der Waals surface area contributed by atoms with Crippen LogP contribution in [0.5, 0.6) is 0 Å². The highest BCUT2D eigenvalue weighted by atomic mass is 127. The van der Waals surface area contributed by atoms with Crippen molar-refractivity contribution in [2.45, 2.75) is 26.4 Å². The second-order valence-corrected chi connectivity index (χ2v) is 6.78. The molecule has 0 aliphatic carbocycles. The molecule has 1 aromatic carbocycles. The maximum Gasteiger partial charge on any atom is 0.194 e. The maximum absolute atomic E-state index is 4.80. The Morgan fingerprint density at radius 2 is 1.81 bits per heavy atom. The first-order valence-corrected chi connectivity index (χ1v) is 9.42. The molecule has 0 aliphatic heterocycles. The summed E-state index contributed by atoms with van der Waals surface area (Å²) in [5.41, 5.74) is 2.63. The largest absolute Gasteiger partial charge is 0.357 e. The fourth-order valence-electron chi connectivity index (χ4n) is 2.95. The lowest BCUT2D eigenvalue weighted by Gasteiger charge is -2.22. The summed E-state index contributed by atoms with van der Waals surface area (Å²) in [6.07, 6.45) is 3.13. The summed E-state index contributed by atoms with van der Waals surface area (Å²) >= 11 is 0. The van der Waals surface area contributed by atoms with Gasteiger partial charge in [-0.15, -0.1) is 24.0 Å². The number of hydrogen-bond acceptors (Lipinski definition) is 2. The van der Waals surface area contributed by atoms with E-state index in [0.717, 1.165) is 45.1 Å². The summed E-state index contributed by atoms with van der Waals surface area (Å²) in [5.74, 6) is 0.972. The predicted molar refractivity (Wildman–Crippen MR) is 126 cm³/mol. The molecular weight excluding hydrogens is 449 g/mol. The third-order valence-electron chi connectivity index (χ3n) is 4.40. The van der Waals surface area contributed by atoms with E-state index in [4.69, 9.17) is 4.99 Å². The monoisotopic (exact) mass is 483 g/mol. The van der Waals surface area contributed by atoms with E-state index in [1.54, 1.807) is 0 Å². The Hall–Kier alpha value is -1.54. The molecular formula is C21H34IN5. The van der Waals surface area contributed by atoms with Crippen LogP contribution in [-0.4, -0.2) is 54.1 Å². The van der Waals surface area contributed by atoms with Crippen LogP contribution in [0.25, 0.3) is 0 Å². The molecule has 0 aliphatic rings. The molecule has 1 heterocycles. The van der Waals surface area contributed by atoms with E-state index in [9.17, 15) is 0 Å². The maximum atomic E-state index is 4.80. The van der Waals surface area contributed by atoms with Crippen LogP contribution in [-0.2, 0) is 20.1 Å². The summed E-state index contributed by atoms with van der Waals surface area (Å²) in [4.78, 5) is 9.34. The van der Waals surface area contributed by atoms with Crippen molar-refractivity contribution in [1.82, 2.24) is 19.7 Å². The normalized spacial score (nSPS) is 11.4. The first kappa shape index (κ1) is 23.5. The Bertz CT molecular complexity index is 668. The molecule has 6 heteroatoms. The summed E-state index contributed by atoms with van der Waals surface area (Å²) in [6.45, 7) is 6.70. The Kier molecular flexibility index (Phi) is 11.1. The molecule has 1 N–H and O–H groups in total. The van der Waals surface area contributed by atoms with Crippen LogP contribution in [0.1, 0.15) is 24.6 Å². The van der Waals surface area contributed by atoms with Gasteiger partial charge in [0.1, 0.15) is 0 Å². The number of nitrogens with zero attached hydrogens (tertiary/aromatic N) is 4. The quantitative estimate of drug-likeness (QED) is 0.257. The van der Waals surface area contributed by atoms with Gasteiger partial charge in [0.2, 0.25) is 0 Å². The molecule has 0 atom stereocenters. The number of aryl methyl sites for hydroxylation is 1. The van der Waals surface area contributed by atoms with Gasteiger partial charge in [0.05, 0.1) is 6.54 Å². The minimum absolute atomic E-state index is 0. The fraction of sp³-hybridized carbons (Fsp3) is 0.476. The molecule has 5 nitrogen and oxygen atoms in total. The fourth-order valence-corrected chi connectivity index (χ4v) is 2.95. The van der Waals surface area contributed by atoms with E-state index in [1.807, 2.05) is 0 Å². The number of aliphatic imine (C=N–C) groups is 1. The topological polar surface area (TPSA) is 35.8 Å². The Morgan fingerprint density at radius 1 is 1.07 bits per heavy atom. The van der Waals surface area contributed by atoms with Gasteiger partial charge < -0.3 is 19.7 Å². The van der Waals surface area contributed by atoms with Crippen molar-refractivity contribution in [2.24, 2.45) is 12.0 Å². The first-order valence-electron chi connectivity index (χ1n) is 9.42. The highest BCUT2D eigenvalue weighted by molar-refractivity contribution is 14.0. The minimum Gasteiger partial charge on any atom is -0.357 e. The van der Waals surface area contributed by atoms with Crippen molar-refractivity contribution >= 4 is 29.9 Å². The highest BCUT2D eigenvalue weighted by Gasteiger charge is 2.08. The van der Waals surface area contributed by atoms with Gasteiger partial charge in [-0.2, -0.15) is 0 Å². The number of nitrogens with one attached hydrogen (secondary N) is 1. The van der Waals surface area contributed by atoms with E-state index in [1.165, 1.54) is 11.3 Å². The van der Waals surface area contributed by atoms with E-state index in [-0.39, 0.29) is 24.0 Å². The summed E-state index contributed by atoms with van der Waals surface area (Å²) in [6, 6.07) is 14.8. The standard InChI is InChI=1S/C21H33N5.HI/c1-5-22-21(26(4)18-20-13-9-16-25(20)3)23-14-10-15-24(2)17-19-11-7-6-8-12-19;/h6-9,11-13,16H,5,10,14-15,17-18H2,1-4H3,(H,22,23);1H. The number of hydrogen-bond donors (Lipinski definition) is 1. The number of guanidine groups is 1. The third-order valence-corrected chi connectivity index (χ3v) is 4.40. The molecule has 1 aromatic heterocycles. The lowest BCUT2D eigenvalue weighted by Crippen LogP contribution is -2.39. The molecule has 0 saturated heterocycles. The van der Waals surface area contributed by atoms with Crippen LogP contribution in [0, 0.1) is 0 Å². The first-order chi connectivity index (χ1) is 12.6. The second kappa shape index (κ2) is 12.8. The van der Waals surface area contributed by atoms with E-state index in [2.05, 4.69) is 96.4 Å². The summed E-state index contributed by atoms with van der Waals surface area (Å²) in [5, 5.41) is 3.40. The predicted octanol–water partition coefficient (Wildman–Crippen LogP) is 3.56. The van der Waals surface area contributed by atoms with E-state index in [0.29, 0.717) is 0 Å². The van der Waals surface area contributed by atoms with Gasteiger partial charge in [-0.1, -0.05) is 30.3 Å². The minimum atomic E-state index is 0. The van der Waals surface area contributed by atoms with Gasteiger partial charge in [0, 0.05) is 45.6 Å². The number of halogens is 1. The zero-order chi connectivity index (χ0) is 18.8. The molecule has 2 aromatic rings. The number of aromatic nitrogens is 1. The Balaban J connectivity index is 0.00000364. The average Bonchev–Trinajstić information content (AvgIpc) is 3.03. The molecule has 0 amide bonds. The zero-order valence-corrected chi connectivity index (χ0v) is 19.4. The van der Waals surface area contributed by atoms with Crippen LogP contribution in [0.15, 0.2) is 53.7 Å². The van der Waals surface area contributed by atoms with Gasteiger partial charge in [-0.25, -0.2) is 0 Å². The van der Waals surface area contributed by atoms with Gasteiger partial charge in [-0.3, -0.25) is 4.99 Å². The van der Waals surface area contributed by atoms with Crippen molar-refractivity contribution in [3.8, 4) is 0 Å². The molecule has 0 radical (unpaired) electrons. The molecule has 0 fully saturated rings. The Labute approximate surface area is 181 Å². The van der Waals surface area contributed by atoms with Gasteiger partial charge in [0.25, 0.3) is 0 Å². The average molecular weight is 483 g/mol. The third kappa shape index (κ3) is 8.34. The summed E-state index contributed by atoms with van der Waals surface area (Å²) < 4.78 is 2.15. The molecule has 0 bridgehead atoms. The highest BCUT2D eigenvalue weighted by Crippen LogP contribution is 2.05. The smallest absolute Gasteiger partial charge is 0.194 e. The SMILES string of the molecule is CCNC(=NCCCN(C)Cc1ccccc1)N(C)Cc1cccn1C.I. The molecule has 0 saturated carbocycles. The van der Waals surface area contributed by atoms with E-state index >= 15 is 0 Å². The van der Waals surface area contributed by atoms with Crippen molar-refractivity contribution in [3.05, 3.63) is 59.9 Å². The van der Waals surface area contributed by atoms with E-state index < -0.39 is 0 Å². The zero-order valence-electron chi connectivity index (χ0n) is 17.1. The van der Waals surface area contributed by atoms with Crippen LogP contribution >= 0.6 is 24.0 Å². The van der Waals surface area contributed by atoms with Crippen molar-refractivity contribution in [3.63, 3.8) is 0 Å². The van der Waals surface area contributed by atoms with Gasteiger partial charge in [0.15, 0.2) is 5.96 Å². The van der Waals surface area contributed by atoms with Crippen LogP contribution in [0.4, 0.5) is 0 Å². The van der Waals surface area contributed by atoms with Crippen molar-refractivity contribution in [1.29, 1.82) is 0 Å². The lowest BCUT2D eigenvalue weighted by molar-refractivity contribution is 0.324. The Morgan fingerprint density at radius 3 is 2.44 bits per heavy atom. The summed E-state index contributed by atoms with van der Waals surface area (Å²) in [7, 11) is 6.34. The van der Waals surface area contributed by atoms with Crippen molar-refractivity contribution in [2.75, 3.05) is 33.7 Å².